The van der Waals surface area contributed by atoms with Gasteiger partial charge in [0, 0.05) is 0 Å². The molecule has 0 fully saturated rings. The molecular formula is C2H9NO2P+. The maximum atomic E-state index is 8.37. The minimum absolute atomic E-state index is 0.00694. The molecule has 4 N–H and O–H groups in total. The lowest BCUT2D eigenvalue weighted by Gasteiger charge is -1.98. The summed E-state index contributed by atoms with van der Waals surface area (Å²) in [5.74, 6) is 0. The monoisotopic (exact) mass is 110 g/mol. The number of nitrogens with two attached hydrogens (primary N) is 1. The molecule has 0 spiro atoms. The van der Waals surface area contributed by atoms with E-state index in [0.717, 1.165) is 0 Å². The Morgan fingerprint density at radius 2 is 1.83 bits per heavy atom. The maximum Gasteiger partial charge on any atom is 0.278 e. The molecule has 0 saturated heterocycles. The summed E-state index contributed by atoms with van der Waals surface area (Å²) < 4.78 is 0. The first-order chi connectivity index (χ1) is 2.56. The van der Waals surface area contributed by atoms with Gasteiger partial charge >= 0.3 is 0 Å². The molecule has 3 nitrogen and oxygen atoms in total. The van der Waals surface area contributed by atoms with Gasteiger partial charge in [0.15, 0.2) is 6.29 Å². The minimum atomic E-state index is -2.62. The van der Waals surface area contributed by atoms with Gasteiger partial charge in [0.2, 0.25) is 0 Å². The molecule has 0 aliphatic rings. The highest BCUT2D eigenvalue weighted by molar-refractivity contribution is 7.63. The van der Waals surface area contributed by atoms with E-state index in [-0.39, 0.29) is 6.29 Å². The van der Waals surface area contributed by atoms with Crippen molar-refractivity contribution in [1.82, 2.24) is 0 Å². The summed E-state index contributed by atoms with van der Waals surface area (Å²) in [7, 11) is -2.62. The average molecular weight is 110 g/mol. The largest absolute Gasteiger partial charge is 0.295 e. The van der Waals surface area contributed by atoms with Crippen LogP contribution in [0.1, 0.15) is 0 Å². The molecule has 0 aliphatic carbocycles. The van der Waals surface area contributed by atoms with E-state index >= 15 is 0 Å². The Balaban J connectivity index is 3.17. The standard InChI is InChI=1S/C2H9NO2P/c1-6(4,5)2-3/h4-5H,2-3H2,1H3/q+1. The van der Waals surface area contributed by atoms with Crippen LogP contribution in [0, 0.1) is 0 Å². The van der Waals surface area contributed by atoms with Crippen LogP contribution in [-0.4, -0.2) is 22.7 Å². The van der Waals surface area contributed by atoms with Crippen molar-refractivity contribution in [3.63, 3.8) is 0 Å². The van der Waals surface area contributed by atoms with Gasteiger partial charge in [0.25, 0.3) is 7.72 Å². The summed E-state index contributed by atoms with van der Waals surface area (Å²) in [4.78, 5) is 16.7. The highest BCUT2D eigenvalue weighted by atomic mass is 31.2. The molecule has 0 aromatic carbocycles. The molecule has 0 atom stereocenters. The number of hydrogen-bond donors (Lipinski definition) is 3. The number of hydrogen-bond acceptors (Lipinski definition) is 3. The van der Waals surface area contributed by atoms with Crippen LogP contribution in [0.15, 0.2) is 0 Å². The van der Waals surface area contributed by atoms with E-state index in [0.29, 0.717) is 0 Å². The van der Waals surface area contributed by atoms with Crippen LogP contribution < -0.4 is 5.73 Å². The van der Waals surface area contributed by atoms with Crippen LogP contribution in [0.3, 0.4) is 0 Å². The second kappa shape index (κ2) is 1.85. The lowest BCUT2D eigenvalue weighted by atomic mass is 11.5. The first kappa shape index (κ1) is 6.31. The van der Waals surface area contributed by atoms with Crippen LogP contribution in [0.2, 0.25) is 0 Å². The Morgan fingerprint density at radius 1 is 1.67 bits per heavy atom. The van der Waals surface area contributed by atoms with Gasteiger partial charge < -0.3 is 0 Å². The molecule has 0 radical (unpaired) electrons. The molecule has 0 unspecified atom stereocenters. The minimum Gasteiger partial charge on any atom is -0.295 e. The van der Waals surface area contributed by atoms with Crippen molar-refractivity contribution in [1.29, 1.82) is 0 Å². The van der Waals surface area contributed by atoms with Gasteiger partial charge in [0.05, 0.1) is 0 Å². The Kier molecular flexibility index (Phi) is 1.94. The van der Waals surface area contributed by atoms with Gasteiger partial charge in [-0.1, -0.05) is 0 Å². The topological polar surface area (TPSA) is 66.5 Å². The summed E-state index contributed by atoms with van der Waals surface area (Å²) in [5.41, 5.74) is 4.85. The number of rotatable bonds is 1. The van der Waals surface area contributed by atoms with E-state index in [9.17, 15) is 0 Å². The van der Waals surface area contributed by atoms with Gasteiger partial charge in [-0.25, -0.2) is 9.79 Å². The summed E-state index contributed by atoms with van der Waals surface area (Å²) >= 11 is 0. The Bertz CT molecular complexity index is 41.3. The van der Waals surface area contributed by atoms with Crippen molar-refractivity contribution >= 4 is 7.72 Å². The third kappa shape index (κ3) is 4.31. The van der Waals surface area contributed by atoms with E-state index in [1.165, 1.54) is 6.66 Å². The molecule has 0 aliphatic heterocycles. The molecule has 0 amide bonds. The highest BCUT2D eigenvalue weighted by Crippen LogP contribution is 2.41. The van der Waals surface area contributed by atoms with E-state index in [1.807, 2.05) is 0 Å². The van der Waals surface area contributed by atoms with E-state index in [2.05, 4.69) is 0 Å². The zero-order chi connectivity index (χ0) is 5.21. The predicted octanol–water partition coefficient (Wildman–Crippen LogP) is -0.635. The van der Waals surface area contributed by atoms with Gasteiger partial charge in [0.1, 0.15) is 6.66 Å². The highest BCUT2D eigenvalue weighted by Gasteiger charge is 2.20. The van der Waals surface area contributed by atoms with Crippen LogP contribution in [0.5, 0.6) is 0 Å². The Hall–Kier alpha value is 0.310. The lowest BCUT2D eigenvalue weighted by Crippen LogP contribution is -2.03. The molecular weight excluding hydrogens is 101 g/mol. The summed E-state index contributed by atoms with van der Waals surface area (Å²) in [6, 6.07) is 0. The van der Waals surface area contributed by atoms with E-state index in [1.54, 1.807) is 0 Å². The first-order valence-electron chi connectivity index (χ1n) is 1.57. The van der Waals surface area contributed by atoms with Crippen LogP contribution in [0.4, 0.5) is 0 Å². The molecule has 38 valence electrons. The van der Waals surface area contributed by atoms with Crippen molar-refractivity contribution < 1.29 is 9.79 Å². The van der Waals surface area contributed by atoms with Gasteiger partial charge in [-0.2, -0.15) is 0 Å². The zero-order valence-electron chi connectivity index (χ0n) is 3.63. The summed E-state index contributed by atoms with van der Waals surface area (Å²) in [6.45, 7) is 1.34. The third-order valence-corrected chi connectivity index (χ3v) is 1.04. The molecule has 0 rings (SSSR count). The third-order valence-electron chi connectivity index (χ3n) is 0.346. The normalized spacial score (nSPS) is 12.0. The molecule has 0 heterocycles. The molecule has 6 heavy (non-hydrogen) atoms. The fourth-order valence-corrected chi connectivity index (χ4v) is 0. The van der Waals surface area contributed by atoms with Crippen molar-refractivity contribution in [2.45, 2.75) is 0 Å². The molecule has 0 aromatic rings. The zero-order valence-corrected chi connectivity index (χ0v) is 4.52. The molecule has 0 saturated carbocycles. The van der Waals surface area contributed by atoms with Crippen molar-refractivity contribution in [3.05, 3.63) is 0 Å². The molecule has 4 heteroatoms. The average Bonchev–Trinajstić information content (AvgIpc) is 1.35. The second-order valence-corrected chi connectivity index (χ2v) is 3.81. The summed E-state index contributed by atoms with van der Waals surface area (Å²) in [6.07, 6.45) is -0.00694. The van der Waals surface area contributed by atoms with E-state index < -0.39 is 7.72 Å². The van der Waals surface area contributed by atoms with Gasteiger partial charge in [-0.15, -0.1) is 0 Å². The van der Waals surface area contributed by atoms with Crippen molar-refractivity contribution in [3.8, 4) is 0 Å². The maximum absolute atomic E-state index is 8.37. The lowest BCUT2D eigenvalue weighted by molar-refractivity contribution is 0.458. The van der Waals surface area contributed by atoms with Crippen LogP contribution in [0.25, 0.3) is 0 Å². The van der Waals surface area contributed by atoms with Crippen molar-refractivity contribution in [2.24, 2.45) is 5.73 Å². The van der Waals surface area contributed by atoms with E-state index in [4.69, 9.17) is 15.5 Å². The van der Waals surface area contributed by atoms with Crippen LogP contribution >= 0.6 is 7.72 Å². The summed E-state index contributed by atoms with van der Waals surface area (Å²) in [5, 5.41) is 0. The molecule has 0 aromatic heterocycles. The fraction of sp³-hybridized carbons (Fsp3) is 1.00. The SMILES string of the molecule is C[P+](O)(O)CN. The quantitative estimate of drug-likeness (QED) is 0.393. The second-order valence-electron chi connectivity index (χ2n) is 1.27. The fourth-order valence-electron chi connectivity index (χ4n) is 0. The van der Waals surface area contributed by atoms with Gasteiger partial charge in [-0.3, -0.25) is 5.73 Å². The predicted molar refractivity (Wildman–Crippen MR) is 26.3 cm³/mol. The van der Waals surface area contributed by atoms with Crippen molar-refractivity contribution in [2.75, 3.05) is 13.0 Å². The molecule has 0 bridgehead atoms. The van der Waals surface area contributed by atoms with Crippen LogP contribution in [-0.2, 0) is 0 Å². The van der Waals surface area contributed by atoms with Gasteiger partial charge in [-0.05, 0) is 0 Å². The smallest absolute Gasteiger partial charge is 0.278 e. The first-order valence-corrected chi connectivity index (χ1v) is 3.90. The Labute approximate surface area is 37.3 Å². The Morgan fingerprint density at radius 3 is 1.83 bits per heavy atom.